The molecule has 1 rings (SSSR count). The second-order valence-corrected chi connectivity index (χ2v) is 5.58. The lowest BCUT2D eigenvalue weighted by Crippen LogP contribution is -2.11. The van der Waals surface area contributed by atoms with Crippen LogP contribution in [0.5, 0.6) is 5.75 Å². The Balaban J connectivity index is 2.60. The van der Waals surface area contributed by atoms with E-state index >= 15 is 0 Å². The first kappa shape index (κ1) is 14.7. The van der Waals surface area contributed by atoms with Gasteiger partial charge in [-0.1, -0.05) is 20.8 Å². The van der Waals surface area contributed by atoms with Gasteiger partial charge in [0.15, 0.2) is 5.78 Å². The van der Waals surface area contributed by atoms with E-state index in [4.69, 9.17) is 4.74 Å². The van der Waals surface area contributed by atoms with Gasteiger partial charge in [0.05, 0.1) is 6.61 Å². The molecule has 2 nitrogen and oxygen atoms in total. The van der Waals surface area contributed by atoms with Gasteiger partial charge in [-0.3, -0.25) is 4.79 Å². The molecule has 18 heavy (non-hydrogen) atoms. The molecule has 0 fully saturated rings. The quantitative estimate of drug-likeness (QED) is 0.703. The molecule has 0 saturated heterocycles. The maximum Gasteiger partial charge on any atom is 0.159 e. The van der Waals surface area contributed by atoms with Gasteiger partial charge in [-0.2, -0.15) is 0 Å². The molecule has 0 radical (unpaired) electrons. The van der Waals surface area contributed by atoms with Gasteiger partial charge in [-0.05, 0) is 55.9 Å². The molecule has 0 heterocycles. The Bertz CT molecular complexity index is 408. The van der Waals surface area contributed by atoms with Crippen molar-refractivity contribution < 1.29 is 9.53 Å². The third-order valence-corrected chi connectivity index (χ3v) is 2.98. The SMILES string of the molecule is CC(=O)c1ccc(OCC(C)CC(C)C)c(C)c1. The van der Waals surface area contributed by atoms with Crippen molar-refractivity contribution in [1.29, 1.82) is 0 Å². The van der Waals surface area contributed by atoms with E-state index in [1.807, 2.05) is 25.1 Å². The fourth-order valence-electron chi connectivity index (χ4n) is 2.14. The van der Waals surface area contributed by atoms with Crippen molar-refractivity contribution in [2.75, 3.05) is 6.61 Å². The zero-order valence-corrected chi connectivity index (χ0v) is 12.1. The summed E-state index contributed by atoms with van der Waals surface area (Å²) in [5.74, 6) is 2.23. The highest BCUT2D eigenvalue weighted by atomic mass is 16.5. The Morgan fingerprint density at radius 3 is 2.44 bits per heavy atom. The van der Waals surface area contributed by atoms with Crippen LogP contribution in [0.4, 0.5) is 0 Å². The fraction of sp³-hybridized carbons (Fsp3) is 0.562. The fourth-order valence-corrected chi connectivity index (χ4v) is 2.14. The lowest BCUT2D eigenvalue weighted by Gasteiger charge is -2.16. The van der Waals surface area contributed by atoms with Gasteiger partial charge in [0.2, 0.25) is 0 Å². The molecule has 0 spiro atoms. The predicted octanol–water partition coefficient (Wildman–Crippen LogP) is 4.26. The minimum absolute atomic E-state index is 0.0952. The van der Waals surface area contributed by atoms with Crippen molar-refractivity contribution >= 4 is 5.78 Å². The molecule has 1 unspecified atom stereocenters. The van der Waals surface area contributed by atoms with Crippen molar-refractivity contribution in [1.82, 2.24) is 0 Å². The van der Waals surface area contributed by atoms with E-state index < -0.39 is 0 Å². The average molecular weight is 248 g/mol. The summed E-state index contributed by atoms with van der Waals surface area (Å²) >= 11 is 0. The van der Waals surface area contributed by atoms with Crippen LogP contribution in [0, 0.1) is 18.8 Å². The van der Waals surface area contributed by atoms with Crippen molar-refractivity contribution in [2.24, 2.45) is 11.8 Å². The molecule has 1 aromatic carbocycles. The second-order valence-electron chi connectivity index (χ2n) is 5.58. The molecule has 0 saturated carbocycles. The zero-order valence-electron chi connectivity index (χ0n) is 12.1. The summed E-state index contributed by atoms with van der Waals surface area (Å²) in [6.45, 7) is 11.0. The predicted molar refractivity (Wildman–Crippen MR) is 75.3 cm³/mol. The Hall–Kier alpha value is -1.31. The van der Waals surface area contributed by atoms with E-state index in [1.165, 1.54) is 6.42 Å². The number of carbonyl (C=O) groups excluding carboxylic acids is 1. The normalized spacial score (nSPS) is 12.6. The minimum atomic E-state index is 0.0952. The molecule has 0 aliphatic heterocycles. The van der Waals surface area contributed by atoms with Crippen molar-refractivity contribution in [3.05, 3.63) is 29.3 Å². The standard InChI is InChI=1S/C16H24O2/c1-11(2)8-12(3)10-18-16-7-6-15(14(5)17)9-13(16)4/h6-7,9,11-12H,8,10H2,1-5H3. The van der Waals surface area contributed by atoms with E-state index in [9.17, 15) is 4.79 Å². The maximum atomic E-state index is 11.3. The van der Waals surface area contributed by atoms with Gasteiger partial charge >= 0.3 is 0 Å². The number of ether oxygens (including phenoxy) is 1. The van der Waals surface area contributed by atoms with E-state index in [0.29, 0.717) is 11.8 Å². The minimum Gasteiger partial charge on any atom is -0.493 e. The molecule has 1 aromatic rings. The van der Waals surface area contributed by atoms with Crippen LogP contribution < -0.4 is 4.74 Å². The number of benzene rings is 1. The summed E-state index contributed by atoms with van der Waals surface area (Å²) in [4.78, 5) is 11.3. The van der Waals surface area contributed by atoms with Gasteiger partial charge in [-0.25, -0.2) is 0 Å². The van der Waals surface area contributed by atoms with Crippen LogP contribution in [0.25, 0.3) is 0 Å². The second kappa shape index (κ2) is 6.58. The number of Topliss-reactive ketones (excluding diaryl/α,β-unsaturated/α-hetero) is 1. The Labute approximate surface area is 110 Å². The summed E-state index contributed by atoms with van der Waals surface area (Å²) < 4.78 is 5.82. The third-order valence-electron chi connectivity index (χ3n) is 2.98. The third kappa shape index (κ3) is 4.52. The summed E-state index contributed by atoms with van der Waals surface area (Å²) in [5.41, 5.74) is 1.77. The van der Waals surface area contributed by atoms with Gasteiger partial charge in [-0.15, -0.1) is 0 Å². The summed E-state index contributed by atoms with van der Waals surface area (Å²) in [7, 11) is 0. The van der Waals surface area contributed by atoms with E-state index in [-0.39, 0.29) is 5.78 Å². The smallest absolute Gasteiger partial charge is 0.159 e. The Morgan fingerprint density at radius 2 is 1.94 bits per heavy atom. The van der Waals surface area contributed by atoms with Gasteiger partial charge in [0.25, 0.3) is 0 Å². The van der Waals surface area contributed by atoms with Gasteiger partial charge in [0, 0.05) is 5.56 Å². The lowest BCUT2D eigenvalue weighted by molar-refractivity contribution is 0.101. The highest BCUT2D eigenvalue weighted by Crippen LogP contribution is 2.21. The molecule has 0 aromatic heterocycles. The number of aryl methyl sites for hydroxylation is 1. The maximum absolute atomic E-state index is 11.3. The van der Waals surface area contributed by atoms with Crippen LogP contribution in [0.3, 0.4) is 0 Å². The number of hydrogen-bond acceptors (Lipinski definition) is 2. The Morgan fingerprint density at radius 1 is 1.28 bits per heavy atom. The van der Waals surface area contributed by atoms with Gasteiger partial charge < -0.3 is 4.74 Å². The van der Waals surface area contributed by atoms with Crippen molar-refractivity contribution in [3.8, 4) is 5.75 Å². The van der Waals surface area contributed by atoms with E-state index in [0.717, 1.165) is 23.5 Å². The van der Waals surface area contributed by atoms with Crippen LogP contribution >= 0.6 is 0 Å². The monoisotopic (exact) mass is 248 g/mol. The summed E-state index contributed by atoms with van der Waals surface area (Å²) in [5, 5.41) is 0. The lowest BCUT2D eigenvalue weighted by atomic mass is 10.00. The first-order chi connectivity index (χ1) is 8.40. The highest BCUT2D eigenvalue weighted by molar-refractivity contribution is 5.94. The number of hydrogen-bond donors (Lipinski definition) is 0. The molecule has 0 amide bonds. The molecular weight excluding hydrogens is 224 g/mol. The topological polar surface area (TPSA) is 26.3 Å². The molecule has 1 atom stereocenters. The Kier molecular flexibility index (Phi) is 5.39. The summed E-state index contributed by atoms with van der Waals surface area (Å²) in [6, 6.07) is 5.62. The largest absolute Gasteiger partial charge is 0.493 e. The number of carbonyl (C=O) groups is 1. The van der Waals surface area contributed by atoms with Crippen molar-refractivity contribution in [2.45, 2.75) is 41.0 Å². The van der Waals surface area contributed by atoms with Crippen LogP contribution in [0.1, 0.15) is 50.0 Å². The summed E-state index contributed by atoms with van der Waals surface area (Å²) in [6.07, 6.45) is 1.17. The molecule has 0 bridgehead atoms. The van der Waals surface area contributed by atoms with Crippen LogP contribution in [0.15, 0.2) is 18.2 Å². The first-order valence-corrected chi connectivity index (χ1v) is 6.64. The molecular formula is C16H24O2. The van der Waals surface area contributed by atoms with E-state index in [1.54, 1.807) is 6.92 Å². The number of rotatable bonds is 6. The zero-order chi connectivity index (χ0) is 13.7. The molecule has 0 N–H and O–H groups in total. The number of ketones is 1. The highest BCUT2D eigenvalue weighted by Gasteiger charge is 2.08. The van der Waals surface area contributed by atoms with Crippen LogP contribution in [-0.4, -0.2) is 12.4 Å². The average Bonchev–Trinajstić information content (AvgIpc) is 2.26. The van der Waals surface area contributed by atoms with E-state index in [2.05, 4.69) is 20.8 Å². The first-order valence-electron chi connectivity index (χ1n) is 6.64. The van der Waals surface area contributed by atoms with Crippen molar-refractivity contribution in [3.63, 3.8) is 0 Å². The van der Waals surface area contributed by atoms with Gasteiger partial charge in [0.1, 0.15) is 5.75 Å². The van der Waals surface area contributed by atoms with Crippen LogP contribution in [0.2, 0.25) is 0 Å². The molecule has 2 heteroatoms. The molecule has 100 valence electrons. The molecule has 0 aliphatic carbocycles. The van der Waals surface area contributed by atoms with Crippen LogP contribution in [-0.2, 0) is 0 Å². The molecule has 0 aliphatic rings.